The van der Waals surface area contributed by atoms with Gasteiger partial charge in [-0.15, -0.1) is 0 Å². The van der Waals surface area contributed by atoms with Gasteiger partial charge in [-0.05, 0) is 51.9 Å². The zero-order valence-corrected chi connectivity index (χ0v) is 21.7. The molecule has 0 atom stereocenters. The SMILES string of the molecule is CN(C)CC(=O)N[C@H]1CC[C@H](Nc2cc(-n3c(C(F)F)nc4ccccc43)nc(N3CCOCC3)n2)CC1. The number of hydrogen-bond donors (Lipinski definition) is 2. The van der Waals surface area contributed by atoms with Crippen LogP contribution < -0.4 is 15.5 Å². The molecule has 10 nitrogen and oxygen atoms in total. The number of morpholine rings is 1. The largest absolute Gasteiger partial charge is 0.378 e. The van der Waals surface area contributed by atoms with Gasteiger partial charge in [0.05, 0.1) is 30.8 Å². The number of para-hydroxylation sites is 2. The molecular formula is C26H34F2N8O2. The lowest BCUT2D eigenvalue weighted by Gasteiger charge is -2.31. The molecule has 2 N–H and O–H groups in total. The number of anilines is 2. The maximum Gasteiger partial charge on any atom is 0.296 e. The molecule has 2 aromatic heterocycles. The van der Waals surface area contributed by atoms with E-state index in [4.69, 9.17) is 14.7 Å². The summed E-state index contributed by atoms with van der Waals surface area (Å²) in [4.78, 5) is 29.7. The third-order valence-corrected chi connectivity index (χ3v) is 6.91. The molecule has 1 aliphatic heterocycles. The summed E-state index contributed by atoms with van der Waals surface area (Å²) in [6.45, 7) is 2.71. The van der Waals surface area contributed by atoms with Crippen molar-refractivity contribution in [1.29, 1.82) is 0 Å². The van der Waals surface area contributed by atoms with Crippen molar-refractivity contribution in [3.05, 3.63) is 36.2 Å². The van der Waals surface area contributed by atoms with Crippen molar-refractivity contribution in [2.75, 3.05) is 57.2 Å². The van der Waals surface area contributed by atoms with Gasteiger partial charge < -0.3 is 25.2 Å². The van der Waals surface area contributed by atoms with Crippen molar-refractivity contribution in [2.24, 2.45) is 0 Å². The van der Waals surface area contributed by atoms with Crippen LogP contribution in [0.25, 0.3) is 16.9 Å². The first-order valence-corrected chi connectivity index (χ1v) is 13.1. The highest BCUT2D eigenvalue weighted by Crippen LogP contribution is 2.30. The quantitative estimate of drug-likeness (QED) is 0.460. The maximum absolute atomic E-state index is 14.1. The molecule has 1 saturated heterocycles. The Bertz CT molecular complexity index is 1250. The molecule has 1 aliphatic carbocycles. The number of imidazole rings is 1. The van der Waals surface area contributed by atoms with Crippen LogP contribution in [0.15, 0.2) is 30.3 Å². The van der Waals surface area contributed by atoms with Crippen molar-refractivity contribution in [3.63, 3.8) is 0 Å². The number of benzene rings is 1. The van der Waals surface area contributed by atoms with E-state index < -0.39 is 6.43 Å². The van der Waals surface area contributed by atoms with E-state index in [2.05, 4.69) is 15.6 Å². The number of fused-ring (bicyclic) bond motifs is 1. The van der Waals surface area contributed by atoms with Gasteiger partial charge in [0.15, 0.2) is 5.82 Å². The van der Waals surface area contributed by atoms with Crippen molar-refractivity contribution in [3.8, 4) is 5.82 Å². The van der Waals surface area contributed by atoms with Gasteiger partial charge in [-0.3, -0.25) is 9.36 Å². The Hall–Kier alpha value is -3.38. The van der Waals surface area contributed by atoms with Gasteiger partial charge in [0.25, 0.3) is 6.43 Å². The highest BCUT2D eigenvalue weighted by molar-refractivity contribution is 5.79. The normalized spacial score (nSPS) is 20.3. The van der Waals surface area contributed by atoms with Crippen LogP contribution >= 0.6 is 0 Å². The van der Waals surface area contributed by atoms with Crippen molar-refractivity contribution >= 4 is 28.7 Å². The Balaban J connectivity index is 1.40. The molecule has 2 aliphatic rings. The number of halogens is 2. The van der Waals surface area contributed by atoms with Gasteiger partial charge in [-0.2, -0.15) is 9.97 Å². The second-order valence-electron chi connectivity index (χ2n) is 10.1. The smallest absolute Gasteiger partial charge is 0.296 e. The fourth-order valence-corrected chi connectivity index (χ4v) is 5.10. The number of nitrogens with zero attached hydrogens (tertiary/aromatic N) is 6. The number of carbonyl (C=O) groups is 1. The van der Waals surface area contributed by atoms with Crippen LogP contribution in [0.2, 0.25) is 0 Å². The summed E-state index contributed by atoms with van der Waals surface area (Å²) in [5, 5.41) is 6.63. The van der Waals surface area contributed by atoms with E-state index in [0.29, 0.717) is 61.5 Å². The molecule has 38 heavy (non-hydrogen) atoms. The molecule has 0 unspecified atom stereocenters. The first-order valence-electron chi connectivity index (χ1n) is 13.1. The van der Waals surface area contributed by atoms with Crippen LogP contribution in [0, 0.1) is 0 Å². The molecular weight excluding hydrogens is 494 g/mol. The second-order valence-corrected chi connectivity index (χ2v) is 10.1. The number of alkyl halides is 2. The fourth-order valence-electron chi connectivity index (χ4n) is 5.10. The van der Waals surface area contributed by atoms with Gasteiger partial charge in [-0.1, -0.05) is 12.1 Å². The average molecular weight is 529 g/mol. The van der Waals surface area contributed by atoms with E-state index in [1.807, 2.05) is 23.9 Å². The average Bonchev–Trinajstić information content (AvgIpc) is 3.30. The lowest BCUT2D eigenvalue weighted by atomic mass is 9.91. The van der Waals surface area contributed by atoms with Crippen LogP contribution in [0.3, 0.4) is 0 Å². The molecule has 204 valence electrons. The zero-order chi connectivity index (χ0) is 26.6. The summed E-state index contributed by atoms with van der Waals surface area (Å²) in [6.07, 6.45) is 0.656. The minimum Gasteiger partial charge on any atom is -0.378 e. The van der Waals surface area contributed by atoms with Crippen molar-refractivity contribution < 1.29 is 18.3 Å². The molecule has 5 rings (SSSR count). The summed E-state index contributed by atoms with van der Waals surface area (Å²) in [7, 11) is 3.75. The number of likely N-dealkylation sites (N-methyl/N-ethyl adjacent to an activating group) is 1. The summed E-state index contributed by atoms with van der Waals surface area (Å²) in [5.74, 6) is 1.07. The highest BCUT2D eigenvalue weighted by atomic mass is 19.3. The lowest BCUT2D eigenvalue weighted by Crippen LogP contribution is -2.43. The maximum atomic E-state index is 14.1. The third-order valence-electron chi connectivity index (χ3n) is 6.91. The molecule has 1 saturated carbocycles. The monoisotopic (exact) mass is 528 g/mol. The van der Waals surface area contributed by atoms with Gasteiger partial charge >= 0.3 is 0 Å². The first kappa shape index (κ1) is 26.2. The van der Waals surface area contributed by atoms with Crippen LogP contribution in [0.5, 0.6) is 0 Å². The minimum atomic E-state index is -2.77. The van der Waals surface area contributed by atoms with E-state index in [9.17, 15) is 13.6 Å². The van der Waals surface area contributed by atoms with E-state index in [0.717, 1.165) is 25.7 Å². The number of amides is 1. The van der Waals surface area contributed by atoms with Crippen LogP contribution in [-0.4, -0.2) is 89.4 Å². The highest BCUT2D eigenvalue weighted by Gasteiger charge is 2.26. The number of rotatable bonds is 8. The molecule has 1 aromatic carbocycles. The Morgan fingerprint density at radius 3 is 2.50 bits per heavy atom. The Morgan fingerprint density at radius 1 is 1.08 bits per heavy atom. The first-order chi connectivity index (χ1) is 18.4. The topological polar surface area (TPSA) is 100 Å². The minimum absolute atomic E-state index is 0.0318. The summed E-state index contributed by atoms with van der Waals surface area (Å²) in [5.41, 5.74) is 1.05. The number of ether oxygens (including phenoxy) is 1. The van der Waals surface area contributed by atoms with Crippen LogP contribution in [-0.2, 0) is 9.53 Å². The predicted molar refractivity (Wildman–Crippen MR) is 141 cm³/mol. The molecule has 3 aromatic rings. The number of nitrogens with one attached hydrogen (secondary N) is 2. The molecule has 12 heteroatoms. The number of hydrogen-bond acceptors (Lipinski definition) is 8. The van der Waals surface area contributed by atoms with Gasteiger partial charge in [-0.25, -0.2) is 13.8 Å². The summed E-state index contributed by atoms with van der Waals surface area (Å²) < 4.78 is 35.1. The number of carbonyl (C=O) groups excluding carboxylic acids is 1. The summed E-state index contributed by atoms with van der Waals surface area (Å²) >= 11 is 0. The Morgan fingerprint density at radius 2 is 1.79 bits per heavy atom. The van der Waals surface area contributed by atoms with Crippen molar-refractivity contribution in [2.45, 2.75) is 44.2 Å². The van der Waals surface area contributed by atoms with Crippen LogP contribution in [0.1, 0.15) is 37.9 Å². The zero-order valence-electron chi connectivity index (χ0n) is 21.7. The van der Waals surface area contributed by atoms with Gasteiger partial charge in [0, 0.05) is 31.2 Å². The van der Waals surface area contributed by atoms with Gasteiger partial charge in [0.2, 0.25) is 11.9 Å². The molecule has 0 spiro atoms. The standard InChI is InChI=1S/C26H34F2N8O2/c1-34(2)16-23(37)30-18-9-7-17(8-10-18)29-21-15-22(33-26(32-21)35-11-13-38-14-12-35)36-20-6-4-3-5-19(20)31-25(36)24(27)28/h3-6,15,17-18,24H,7-14,16H2,1-2H3,(H,30,37)(H,29,32,33)/t17-,18-. The lowest BCUT2D eigenvalue weighted by molar-refractivity contribution is -0.122. The summed E-state index contributed by atoms with van der Waals surface area (Å²) in [6, 6.07) is 9.08. The molecule has 1 amide bonds. The Kier molecular flexibility index (Phi) is 7.98. The fraction of sp³-hybridized carbons (Fsp3) is 0.538. The molecule has 2 fully saturated rings. The molecule has 0 radical (unpaired) electrons. The van der Waals surface area contributed by atoms with E-state index in [1.165, 1.54) is 4.57 Å². The molecule has 0 bridgehead atoms. The second kappa shape index (κ2) is 11.6. The van der Waals surface area contributed by atoms with E-state index >= 15 is 0 Å². The van der Waals surface area contributed by atoms with E-state index in [1.54, 1.807) is 30.3 Å². The third kappa shape index (κ3) is 6.02. The van der Waals surface area contributed by atoms with Crippen LogP contribution in [0.4, 0.5) is 20.5 Å². The Labute approximate surface area is 220 Å². The number of aromatic nitrogens is 4. The molecule has 3 heterocycles. The van der Waals surface area contributed by atoms with Gasteiger partial charge in [0.1, 0.15) is 11.6 Å². The van der Waals surface area contributed by atoms with E-state index in [-0.39, 0.29) is 23.8 Å². The predicted octanol–water partition coefficient (Wildman–Crippen LogP) is 2.99. The van der Waals surface area contributed by atoms with Crippen molar-refractivity contribution in [1.82, 2.24) is 29.7 Å².